The number of likely N-dealkylation sites (N-methyl/N-ethyl adjacent to an activating group) is 1. The fraction of sp³-hybridized carbons (Fsp3) is 0.444. The Morgan fingerprint density at radius 1 is 1.31 bits per heavy atom. The minimum absolute atomic E-state index is 0.0332. The molecule has 0 fully saturated rings. The lowest BCUT2D eigenvalue weighted by Crippen LogP contribution is -2.50. The van der Waals surface area contributed by atoms with Crippen LogP contribution in [0.3, 0.4) is 0 Å². The van der Waals surface area contributed by atoms with Crippen LogP contribution in [0.5, 0.6) is 5.88 Å². The number of benzene rings is 1. The largest absolute Gasteiger partial charge is 0.472 e. The van der Waals surface area contributed by atoms with Gasteiger partial charge in [0.1, 0.15) is 17.8 Å². The van der Waals surface area contributed by atoms with E-state index >= 15 is 0 Å². The molecule has 1 aromatic heterocycles. The number of hydrogen-bond donors (Lipinski definition) is 3. The van der Waals surface area contributed by atoms with E-state index in [1.165, 1.54) is 48.2 Å². The molecule has 0 spiro atoms. The lowest BCUT2D eigenvalue weighted by atomic mass is 10.00. The lowest BCUT2D eigenvalue weighted by Gasteiger charge is -2.37. The van der Waals surface area contributed by atoms with Crippen LogP contribution in [-0.2, 0) is 6.18 Å². The van der Waals surface area contributed by atoms with E-state index in [0.717, 1.165) is 12.1 Å². The molecule has 9 nitrogen and oxygen atoms in total. The van der Waals surface area contributed by atoms with Gasteiger partial charge in [-0.3, -0.25) is 4.79 Å². The summed E-state index contributed by atoms with van der Waals surface area (Å²) in [5.41, 5.74) is -0.117. The molecule has 3 N–H and O–H groups in total. The lowest BCUT2D eigenvalue weighted by molar-refractivity contribution is -0.137. The summed E-state index contributed by atoms with van der Waals surface area (Å²) in [5.74, 6) is 4.68. The molecule has 12 heteroatoms. The Morgan fingerprint density at radius 3 is 2.56 bits per heavy atom. The molecule has 3 amide bonds. The van der Waals surface area contributed by atoms with Gasteiger partial charge in [-0.15, -0.1) is 0 Å². The van der Waals surface area contributed by atoms with Crippen molar-refractivity contribution in [2.75, 3.05) is 32.1 Å². The third kappa shape index (κ3) is 7.61. The molecule has 0 saturated heterocycles. The van der Waals surface area contributed by atoms with Gasteiger partial charge in [0.2, 0.25) is 5.88 Å². The second kappa shape index (κ2) is 12.4. The van der Waals surface area contributed by atoms with Crippen molar-refractivity contribution in [1.82, 2.24) is 14.8 Å². The van der Waals surface area contributed by atoms with Gasteiger partial charge in [-0.25, -0.2) is 9.78 Å². The summed E-state index contributed by atoms with van der Waals surface area (Å²) in [5, 5.41) is 21.8. The number of nitrogens with one attached hydrogen (secondary N) is 1. The highest BCUT2D eigenvalue weighted by atomic mass is 19.4. The van der Waals surface area contributed by atoms with E-state index in [2.05, 4.69) is 22.1 Å². The topological polar surface area (TPSA) is 115 Å². The molecule has 0 bridgehead atoms. The molecule has 1 aromatic carbocycles. The summed E-state index contributed by atoms with van der Waals surface area (Å²) in [6, 6.07) is 4.52. The summed E-state index contributed by atoms with van der Waals surface area (Å²) in [6.07, 6.45) is -4.58. The number of amides is 3. The number of rotatable bonds is 5. The molecule has 1 aliphatic rings. The van der Waals surface area contributed by atoms with Gasteiger partial charge in [-0.2, -0.15) is 13.2 Å². The third-order valence-electron chi connectivity index (χ3n) is 6.21. The highest BCUT2D eigenvalue weighted by molar-refractivity contribution is 5.97. The number of nitrogens with zero attached hydrogens (tertiary/aromatic N) is 3. The third-order valence-corrected chi connectivity index (χ3v) is 6.21. The number of halogens is 3. The average molecular weight is 549 g/mol. The molecule has 2 heterocycles. The number of aromatic nitrogens is 1. The highest BCUT2D eigenvalue weighted by Crippen LogP contribution is 2.30. The normalized spacial score (nSPS) is 18.9. The van der Waals surface area contributed by atoms with Gasteiger partial charge >= 0.3 is 12.2 Å². The first-order chi connectivity index (χ1) is 18.3. The molecule has 3 rings (SSSR count). The quantitative estimate of drug-likeness (QED) is 0.495. The molecule has 210 valence electrons. The Kier molecular flexibility index (Phi) is 9.42. The number of carbonyl (C=O) groups excluding carboxylic acids is 2. The Labute approximate surface area is 224 Å². The maximum Gasteiger partial charge on any atom is 0.416 e. The minimum Gasteiger partial charge on any atom is -0.472 e. The van der Waals surface area contributed by atoms with Crippen molar-refractivity contribution in [3.05, 3.63) is 53.2 Å². The molecular formula is C27H31F3N4O5. The van der Waals surface area contributed by atoms with Crippen LogP contribution in [-0.4, -0.2) is 81.9 Å². The monoisotopic (exact) mass is 548 g/mol. The molecular weight excluding hydrogens is 517 g/mol. The van der Waals surface area contributed by atoms with Gasteiger partial charge in [-0.1, -0.05) is 18.8 Å². The van der Waals surface area contributed by atoms with E-state index in [1.54, 1.807) is 6.92 Å². The number of urea groups is 1. The highest BCUT2D eigenvalue weighted by Gasteiger charge is 2.35. The first kappa shape index (κ1) is 29.7. The minimum atomic E-state index is -4.48. The maximum atomic E-state index is 13.4. The number of alkyl halides is 3. The van der Waals surface area contributed by atoms with Crippen LogP contribution in [0.4, 0.5) is 23.7 Å². The van der Waals surface area contributed by atoms with Gasteiger partial charge in [-0.05, 0) is 44.2 Å². The van der Waals surface area contributed by atoms with E-state index in [0.29, 0.717) is 5.56 Å². The molecule has 0 aliphatic carbocycles. The zero-order valence-corrected chi connectivity index (χ0v) is 22.0. The van der Waals surface area contributed by atoms with Crippen LogP contribution in [0, 0.1) is 17.8 Å². The van der Waals surface area contributed by atoms with Gasteiger partial charge in [0.15, 0.2) is 0 Å². The van der Waals surface area contributed by atoms with Crippen molar-refractivity contribution in [2.45, 2.75) is 45.2 Å². The maximum absolute atomic E-state index is 13.4. The number of fused-ring (bicyclic) bond motifs is 1. The van der Waals surface area contributed by atoms with Crippen molar-refractivity contribution < 1.29 is 37.7 Å². The van der Waals surface area contributed by atoms with Crippen molar-refractivity contribution in [2.24, 2.45) is 5.92 Å². The number of aliphatic hydroxyl groups is 2. The second-order valence-electron chi connectivity index (χ2n) is 9.53. The smallest absolute Gasteiger partial charge is 0.416 e. The van der Waals surface area contributed by atoms with Gasteiger partial charge < -0.3 is 30.1 Å². The standard InChI is InChI=1S/C27H31F3N4O5/c1-16-13-34(17(2)15-35)25(37)22-11-19(6-5-18(3)36)12-31-24(22)39-23(16)14-33(4)26(38)32-21-9-7-20(8-10-21)27(28,29)30/h7-12,16-18,23,35-36H,13-15H2,1-4H3,(H,32,38)/t16-,17+,18+,23-/m0/s1. The fourth-order valence-electron chi connectivity index (χ4n) is 3.89. The zero-order valence-electron chi connectivity index (χ0n) is 22.0. The molecule has 2 aromatic rings. The van der Waals surface area contributed by atoms with Crippen LogP contribution in [0.1, 0.15) is 42.3 Å². The van der Waals surface area contributed by atoms with Gasteiger partial charge in [0.05, 0.1) is 24.8 Å². The van der Waals surface area contributed by atoms with Gasteiger partial charge in [0, 0.05) is 37.0 Å². The molecule has 39 heavy (non-hydrogen) atoms. The predicted octanol–water partition coefficient (Wildman–Crippen LogP) is 3.22. The fourth-order valence-corrected chi connectivity index (χ4v) is 3.89. The zero-order chi connectivity index (χ0) is 28.9. The van der Waals surface area contributed by atoms with E-state index in [4.69, 9.17) is 4.74 Å². The SMILES string of the molecule is C[C@H](CO)N1C[C@H](C)[C@H](CN(C)C(=O)Nc2ccc(C(F)(F)F)cc2)Oc2ncc(C#C[C@@H](C)O)cc2C1=O. The van der Waals surface area contributed by atoms with Crippen molar-refractivity contribution in [3.8, 4) is 17.7 Å². The molecule has 0 unspecified atom stereocenters. The van der Waals surface area contributed by atoms with Crippen molar-refractivity contribution in [1.29, 1.82) is 0 Å². The number of anilines is 1. The number of carbonyl (C=O) groups is 2. The molecule has 0 saturated carbocycles. The average Bonchev–Trinajstić information content (AvgIpc) is 2.88. The van der Waals surface area contributed by atoms with E-state index < -0.39 is 41.9 Å². The van der Waals surface area contributed by atoms with Gasteiger partial charge in [0.25, 0.3) is 5.91 Å². The van der Waals surface area contributed by atoms with Crippen LogP contribution >= 0.6 is 0 Å². The molecule has 4 atom stereocenters. The van der Waals surface area contributed by atoms with E-state index in [9.17, 15) is 33.0 Å². The number of aliphatic hydroxyl groups excluding tert-OH is 2. The summed E-state index contributed by atoms with van der Waals surface area (Å²) in [6.45, 7) is 5.05. The summed E-state index contributed by atoms with van der Waals surface area (Å²) >= 11 is 0. The summed E-state index contributed by atoms with van der Waals surface area (Å²) < 4.78 is 44.6. The van der Waals surface area contributed by atoms with Crippen LogP contribution < -0.4 is 10.1 Å². The van der Waals surface area contributed by atoms with E-state index in [1.807, 2.05) is 6.92 Å². The van der Waals surface area contributed by atoms with Crippen LogP contribution in [0.2, 0.25) is 0 Å². The molecule has 0 radical (unpaired) electrons. The number of hydrogen-bond acceptors (Lipinski definition) is 6. The summed E-state index contributed by atoms with van der Waals surface area (Å²) in [4.78, 5) is 33.3. The van der Waals surface area contributed by atoms with Crippen molar-refractivity contribution >= 4 is 17.6 Å². The number of pyridine rings is 1. The Bertz CT molecular complexity index is 1240. The summed E-state index contributed by atoms with van der Waals surface area (Å²) in [7, 11) is 1.51. The van der Waals surface area contributed by atoms with E-state index in [-0.39, 0.29) is 42.7 Å². The Hall–Kier alpha value is -3.82. The van der Waals surface area contributed by atoms with Crippen LogP contribution in [0.25, 0.3) is 0 Å². The first-order valence-electron chi connectivity index (χ1n) is 12.3. The Morgan fingerprint density at radius 2 is 1.97 bits per heavy atom. The predicted molar refractivity (Wildman–Crippen MR) is 137 cm³/mol. The number of ether oxygens (including phenoxy) is 1. The first-order valence-corrected chi connectivity index (χ1v) is 12.3. The Balaban J connectivity index is 1.84. The molecule has 1 aliphatic heterocycles. The second-order valence-corrected chi connectivity index (χ2v) is 9.53. The van der Waals surface area contributed by atoms with Crippen LogP contribution in [0.15, 0.2) is 36.5 Å². The van der Waals surface area contributed by atoms with Crippen molar-refractivity contribution in [3.63, 3.8) is 0 Å².